The van der Waals surface area contributed by atoms with Crippen LogP contribution in [-0.2, 0) is 4.79 Å². The van der Waals surface area contributed by atoms with E-state index in [4.69, 9.17) is 4.74 Å². The van der Waals surface area contributed by atoms with E-state index in [0.717, 1.165) is 43.4 Å². The van der Waals surface area contributed by atoms with Crippen LogP contribution in [0.4, 0.5) is 14.6 Å². The summed E-state index contributed by atoms with van der Waals surface area (Å²) in [5.74, 6) is -0.763. The van der Waals surface area contributed by atoms with Gasteiger partial charge in [-0.25, -0.2) is 13.8 Å². The quantitative estimate of drug-likeness (QED) is 0.524. The van der Waals surface area contributed by atoms with Crippen molar-refractivity contribution in [1.29, 1.82) is 0 Å². The molecule has 33 heavy (non-hydrogen) atoms. The first kappa shape index (κ1) is 22.6. The van der Waals surface area contributed by atoms with Crippen LogP contribution in [-0.4, -0.2) is 15.9 Å². The van der Waals surface area contributed by atoms with E-state index in [-0.39, 0.29) is 34.8 Å². The zero-order valence-corrected chi connectivity index (χ0v) is 18.2. The second-order valence-corrected chi connectivity index (χ2v) is 8.44. The van der Waals surface area contributed by atoms with Gasteiger partial charge in [-0.05, 0) is 60.9 Å². The highest BCUT2D eigenvalue weighted by molar-refractivity contribution is 5.91. The van der Waals surface area contributed by atoms with Crippen molar-refractivity contribution < 1.29 is 18.3 Å². The molecular weight excluding hydrogens is 428 g/mol. The number of carbonyl (C=O) groups excluding carboxylic acids is 1. The van der Waals surface area contributed by atoms with Crippen LogP contribution in [0.1, 0.15) is 44.1 Å². The van der Waals surface area contributed by atoms with E-state index in [1.54, 1.807) is 24.4 Å². The number of aromatic nitrogens is 2. The molecule has 172 valence electrons. The van der Waals surface area contributed by atoms with Gasteiger partial charge in [0, 0.05) is 24.2 Å². The molecule has 2 heterocycles. The fourth-order valence-electron chi connectivity index (χ4n) is 4.31. The van der Waals surface area contributed by atoms with Gasteiger partial charge in [0.1, 0.15) is 17.4 Å². The van der Waals surface area contributed by atoms with Gasteiger partial charge >= 0.3 is 0 Å². The van der Waals surface area contributed by atoms with Crippen LogP contribution in [0.25, 0.3) is 0 Å². The fourth-order valence-corrected chi connectivity index (χ4v) is 4.31. The van der Waals surface area contributed by atoms with Gasteiger partial charge in [0.15, 0.2) is 11.6 Å². The maximum absolute atomic E-state index is 13.7. The van der Waals surface area contributed by atoms with E-state index in [1.165, 1.54) is 12.3 Å². The maximum Gasteiger partial charge on any atom is 0.247 e. The molecule has 0 bridgehead atoms. The summed E-state index contributed by atoms with van der Waals surface area (Å²) in [6.07, 6.45) is 7.05. The molecule has 1 fully saturated rings. The van der Waals surface area contributed by atoms with Crippen LogP contribution in [0.2, 0.25) is 0 Å². The van der Waals surface area contributed by atoms with Crippen molar-refractivity contribution in [3.63, 3.8) is 0 Å². The molecule has 0 saturated heterocycles. The third-order valence-electron chi connectivity index (χ3n) is 6.22. The molecule has 1 saturated carbocycles. The van der Waals surface area contributed by atoms with Gasteiger partial charge in [-0.3, -0.25) is 9.59 Å². The molecule has 1 aromatic carbocycles. The van der Waals surface area contributed by atoms with E-state index in [2.05, 4.69) is 15.3 Å². The molecule has 1 aliphatic rings. The standard InChI is InChI=1S/C25H25F2N3O3/c1-15(16-3-2-4-17(11-16)18-5-10-24(31)29-13-18)25(32)30-23-9-7-20(14-28-23)33-22-8-6-19(26)12-21(22)27/h5-10,12-17H,2-4,11H2,1H3,(H,29,31)(H,28,30,32)/t15?,16-,17+/m0/s1. The summed E-state index contributed by atoms with van der Waals surface area (Å²) < 4.78 is 32.2. The van der Waals surface area contributed by atoms with Gasteiger partial charge in [-0.15, -0.1) is 0 Å². The molecule has 2 aromatic heterocycles. The molecule has 0 radical (unpaired) electrons. The largest absolute Gasteiger partial charge is 0.453 e. The Morgan fingerprint density at radius 1 is 1.18 bits per heavy atom. The number of ether oxygens (including phenoxy) is 1. The summed E-state index contributed by atoms with van der Waals surface area (Å²) in [4.78, 5) is 31.1. The second kappa shape index (κ2) is 9.94. The number of H-pyrrole nitrogens is 1. The summed E-state index contributed by atoms with van der Waals surface area (Å²) in [6.45, 7) is 1.92. The van der Waals surface area contributed by atoms with E-state index in [1.807, 2.05) is 13.0 Å². The smallest absolute Gasteiger partial charge is 0.247 e. The number of hydrogen-bond donors (Lipinski definition) is 2. The van der Waals surface area contributed by atoms with E-state index in [9.17, 15) is 18.4 Å². The average Bonchev–Trinajstić information content (AvgIpc) is 2.82. The highest BCUT2D eigenvalue weighted by atomic mass is 19.1. The Morgan fingerprint density at radius 3 is 2.73 bits per heavy atom. The van der Waals surface area contributed by atoms with Crippen molar-refractivity contribution >= 4 is 11.7 Å². The number of amides is 1. The van der Waals surface area contributed by atoms with Crippen LogP contribution >= 0.6 is 0 Å². The third-order valence-corrected chi connectivity index (χ3v) is 6.22. The lowest BCUT2D eigenvalue weighted by atomic mass is 9.73. The Kier molecular flexibility index (Phi) is 6.82. The molecule has 0 spiro atoms. The number of benzene rings is 1. The molecule has 6 nitrogen and oxygen atoms in total. The lowest BCUT2D eigenvalue weighted by Crippen LogP contribution is -2.30. The number of hydrogen-bond acceptors (Lipinski definition) is 4. The molecule has 2 N–H and O–H groups in total. The second-order valence-electron chi connectivity index (χ2n) is 8.44. The van der Waals surface area contributed by atoms with Crippen LogP contribution < -0.4 is 15.6 Å². The Hall–Kier alpha value is -3.55. The predicted octanol–water partition coefficient (Wildman–Crippen LogP) is 5.39. The van der Waals surface area contributed by atoms with Gasteiger partial charge in [0.25, 0.3) is 0 Å². The van der Waals surface area contributed by atoms with Gasteiger partial charge in [-0.1, -0.05) is 19.4 Å². The lowest BCUT2D eigenvalue weighted by molar-refractivity contribution is -0.121. The zero-order chi connectivity index (χ0) is 23.4. The Balaban J connectivity index is 1.35. The van der Waals surface area contributed by atoms with Crippen LogP contribution in [0.5, 0.6) is 11.5 Å². The SMILES string of the molecule is CC(C(=O)Nc1ccc(Oc2ccc(F)cc2F)cn1)[C@H]1CCC[C@@H](c2ccc(=O)[nH]c2)C1. The zero-order valence-electron chi connectivity index (χ0n) is 18.2. The van der Waals surface area contributed by atoms with Gasteiger partial charge in [0.2, 0.25) is 11.5 Å². The highest BCUT2D eigenvalue weighted by Crippen LogP contribution is 2.39. The minimum atomic E-state index is -0.811. The average molecular weight is 453 g/mol. The van der Waals surface area contributed by atoms with E-state index < -0.39 is 11.6 Å². The Bertz CT molecular complexity index is 1160. The fraction of sp³-hybridized carbons (Fsp3) is 0.320. The lowest BCUT2D eigenvalue weighted by Gasteiger charge is -2.32. The first-order chi connectivity index (χ1) is 15.9. The van der Waals surface area contributed by atoms with Crippen molar-refractivity contribution in [3.8, 4) is 11.5 Å². The Morgan fingerprint density at radius 2 is 2.03 bits per heavy atom. The monoisotopic (exact) mass is 453 g/mol. The van der Waals surface area contributed by atoms with E-state index in [0.29, 0.717) is 11.7 Å². The minimum Gasteiger partial charge on any atom is -0.453 e. The molecule has 3 aromatic rings. The normalized spacial score (nSPS) is 19.0. The first-order valence-electron chi connectivity index (χ1n) is 11.0. The summed E-state index contributed by atoms with van der Waals surface area (Å²) in [5, 5.41) is 2.83. The number of rotatable bonds is 6. The van der Waals surface area contributed by atoms with Crippen LogP contribution in [0, 0.1) is 23.5 Å². The van der Waals surface area contributed by atoms with Gasteiger partial charge < -0.3 is 15.0 Å². The first-order valence-corrected chi connectivity index (χ1v) is 11.0. The van der Waals surface area contributed by atoms with Crippen LogP contribution in [0.15, 0.2) is 59.7 Å². The van der Waals surface area contributed by atoms with Crippen LogP contribution in [0.3, 0.4) is 0 Å². The Labute approximate surface area is 190 Å². The van der Waals surface area contributed by atoms with Crippen molar-refractivity contribution in [2.24, 2.45) is 11.8 Å². The summed E-state index contributed by atoms with van der Waals surface area (Å²) >= 11 is 0. The van der Waals surface area contributed by atoms with Crippen molar-refractivity contribution in [2.45, 2.75) is 38.5 Å². The summed E-state index contributed by atoms with van der Waals surface area (Å²) in [6, 6.07) is 9.59. The maximum atomic E-state index is 13.7. The molecule has 0 aliphatic heterocycles. The number of carbonyl (C=O) groups is 1. The molecule has 1 unspecified atom stereocenters. The molecule has 8 heteroatoms. The molecule has 4 rings (SSSR count). The molecule has 3 atom stereocenters. The highest BCUT2D eigenvalue weighted by Gasteiger charge is 2.30. The number of nitrogens with zero attached hydrogens (tertiary/aromatic N) is 1. The van der Waals surface area contributed by atoms with E-state index >= 15 is 0 Å². The minimum absolute atomic E-state index is 0.113. The van der Waals surface area contributed by atoms with Gasteiger partial charge in [-0.2, -0.15) is 0 Å². The van der Waals surface area contributed by atoms with Crippen molar-refractivity contribution in [3.05, 3.63) is 82.4 Å². The molecule has 1 aliphatic carbocycles. The number of halogens is 2. The summed E-state index contributed by atoms with van der Waals surface area (Å²) in [7, 11) is 0. The third kappa shape index (κ3) is 5.63. The number of aromatic amines is 1. The number of anilines is 1. The van der Waals surface area contributed by atoms with Crippen molar-refractivity contribution in [1.82, 2.24) is 9.97 Å². The molecular formula is C25H25F2N3O3. The van der Waals surface area contributed by atoms with Crippen molar-refractivity contribution in [2.75, 3.05) is 5.32 Å². The molecule has 1 amide bonds. The van der Waals surface area contributed by atoms with Gasteiger partial charge in [0.05, 0.1) is 6.20 Å². The topological polar surface area (TPSA) is 84.1 Å². The number of pyridine rings is 2. The summed E-state index contributed by atoms with van der Waals surface area (Å²) in [5.41, 5.74) is 0.979. The predicted molar refractivity (Wildman–Crippen MR) is 120 cm³/mol. The number of nitrogens with one attached hydrogen (secondary N) is 2.